The fraction of sp³-hybridized carbons (Fsp3) is 0.300. The number of pyridine rings is 2. The molecule has 4 heterocycles. The van der Waals surface area contributed by atoms with Crippen LogP contribution >= 0.6 is 0 Å². The van der Waals surface area contributed by atoms with Crippen LogP contribution in [-0.4, -0.2) is 64.4 Å². The lowest BCUT2D eigenvalue weighted by Crippen LogP contribution is -2.40. The molecule has 0 saturated carbocycles. The van der Waals surface area contributed by atoms with Gasteiger partial charge in [0.1, 0.15) is 17.2 Å². The molecular formula is C30H30F3N7O4. The highest BCUT2D eigenvalue weighted by Gasteiger charge is 2.31. The van der Waals surface area contributed by atoms with Gasteiger partial charge in [0.15, 0.2) is 0 Å². The number of ether oxygens (including phenoxy) is 2. The quantitative estimate of drug-likeness (QED) is 0.190. The van der Waals surface area contributed by atoms with Gasteiger partial charge in [-0.15, -0.1) is 0 Å². The second-order valence-electron chi connectivity index (χ2n) is 10.1. The molecule has 4 aromatic rings. The average Bonchev–Trinajstić information content (AvgIpc) is 3.47. The zero-order valence-electron chi connectivity index (χ0n) is 23.5. The number of hydrogen-bond donors (Lipinski definition) is 4. The largest absolute Gasteiger partial charge is 0.416 e. The van der Waals surface area contributed by atoms with Crippen LogP contribution in [0.3, 0.4) is 0 Å². The maximum absolute atomic E-state index is 13.0. The van der Waals surface area contributed by atoms with Gasteiger partial charge >= 0.3 is 6.18 Å². The molecule has 2 amide bonds. The topological polar surface area (TPSA) is 157 Å². The van der Waals surface area contributed by atoms with E-state index in [9.17, 15) is 22.8 Å². The Balaban J connectivity index is 1.19. The highest BCUT2D eigenvalue weighted by atomic mass is 19.4. The van der Waals surface area contributed by atoms with Crippen LogP contribution in [0.25, 0.3) is 28.2 Å². The Hall–Kier alpha value is -4.82. The van der Waals surface area contributed by atoms with E-state index in [1.807, 2.05) is 0 Å². The molecule has 1 saturated heterocycles. The van der Waals surface area contributed by atoms with E-state index >= 15 is 0 Å². The number of benzene rings is 1. The van der Waals surface area contributed by atoms with Crippen molar-refractivity contribution in [3.63, 3.8) is 0 Å². The van der Waals surface area contributed by atoms with Crippen LogP contribution in [0.2, 0.25) is 0 Å². The minimum Gasteiger partial charge on any atom is -0.383 e. The van der Waals surface area contributed by atoms with Crippen LogP contribution in [-0.2, 0) is 20.4 Å². The first-order valence-corrected chi connectivity index (χ1v) is 13.9. The van der Waals surface area contributed by atoms with Crippen molar-refractivity contribution < 1.29 is 32.2 Å². The van der Waals surface area contributed by atoms with Gasteiger partial charge in [-0.2, -0.15) is 18.3 Å². The predicted molar refractivity (Wildman–Crippen MR) is 157 cm³/mol. The summed E-state index contributed by atoms with van der Waals surface area (Å²) in [4.78, 5) is 32.8. The van der Waals surface area contributed by atoms with Gasteiger partial charge in [0.05, 0.1) is 42.5 Å². The van der Waals surface area contributed by atoms with Gasteiger partial charge in [0.2, 0.25) is 5.91 Å². The minimum absolute atomic E-state index is 0.0587. The highest BCUT2D eigenvalue weighted by molar-refractivity contribution is 6.05. The predicted octanol–water partition coefficient (Wildman–Crippen LogP) is 4.59. The van der Waals surface area contributed by atoms with Crippen LogP contribution in [0.1, 0.15) is 40.7 Å². The number of nitrogens with one attached hydrogen (secondary N) is 3. The first kappa shape index (κ1) is 30.6. The lowest BCUT2D eigenvalue weighted by Gasteiger charge is -2.23. The van der Waals surface area contributed by atoms with Gasteiger partial charge in [-0.1, -0.05) is 24.3 Å². The Bertz CT molecular complexity index is 1650. The highest BCUT2D eigenvalue weighted by Crippen LogP contribution is 2.32. The van der Waals surface area contributed by atoms with Crippen molar-refractivity contribution in [1.29, 1.82) is 0 Å². The summed E-state index contributed by atoms with van der Waals surface area (Å²) in [7, 11) is 0. The standard InChI is InChI=1S/C30H30F3N7O4/c31-30(32,33)21-9-11-35-23(15-21)38-29(42)19-7-5-18(6-8-19)26-25-27(40-39-26)20(16-36-28(25)34)3-1-12-43-14-10-24(41)37-22-4-2-13-44-17-22/h1,3,5-9,11,15-16,22H,2,4,10,12-14,17H2,(H2,34,36)(H,37,41)(H,39,40)(H,35,38,42)/b3-1+. The summed E-state index contributed by atoms with van der Waals surface area (Å²) in [5.74, 6) is -0.648. The van der Waals surface area contributed by atoms with Crippen LogP contribution in [0.15, 0.2) is 54.9 Å². The SMILES string of the molecule is Nc1ncc(/C=C/COCCC(=O)NC2CCCOC2)c2n[nH]c(-c3ccc(C(=O)Nc4cc(C(F)(F)F)ccn4)cc3)c12. The third-order valence-electron chi connectivity index (χ3n) is 6.91. The molecule has 1 atom stereocenters. The summed E-state index contributed by atoms with van der Waals surface area (Å²) >= 11 is 0. The number of amides is 2. The van der Waals surface area contributed by atoms with Crippen LogP contribution < -0.4 is 16.4 Å². The third-order valence-corrected chi connectivity index (χ3v) is 6.91. The first-order chi connectivity index (χ1) is 21.2. The molecule has 44 heavy (non-hydrogen) atoms. The number of carbonyl (C=O) groups is 2. The zero-order valence-corrected chi connectivity index (χ0v) is 23.5. The van der Waals surface area contributed by atoms with Crippen molar-refractivity contribution in [3.05, 3.63) is 71.6 Å². The Labute approximate surface area is 250 Å². The smallest absolute Gasteiger partial charge is 0.383 e. The van der Waals surface area contributed by atoms with Crippen molar-refractivity contribution >= 4 is 40.4 Å². The molecule has 5 rings (SSSR count). The maximum atomic E-state index is 13.0. The van der Waals surface area contributed by atoms with Gasteiger partial charge in [0, 0.05) is 42.1 Å². The van der Waals surface area contributed by atoms with E-state index < -0.39 is 17.6 Å². The number of nitrogens with two attached hydrogens (primary N) is 1. The van der Waals surface area contributed by atoms with Crippen molar-refractivity contribution in [1.82, 2.24) is 25.5 Å². The molecule has 1 unspecified atom stereocenters. The Morgan fingerprint density at radius 2 is 2.00 bits per heavy atom. The number of alkyl halides is 3. The second kappa shape index (κ2) is 13.7. The fourth-order valence-corrected chi connectivity index (χ4v) is 4.69. The summed E-state index contributed by atoms with van der Waals surface area (Å²) in [6, 6.07) is 8.03. The molecule has 1 fully saturated rings. The zero-order chi connectivity index (χ0) is 31.1. The average molecular weight is 610 g/mol. The molecule has 5 N–H and O–H groups in total. The molecule has 1 aliphatic heterocycles. The summed E-state index contributed by atoms with van der Waals surface area (Å²) in [6.45, 7) is 1.83. The number of rotatable bonds is 10. The van der Waals surface area contributed by atoms with E-state index in [2.05, 4.69) is 30.8 Å². The molecule has 14 heteroatoms. The van der Waals surface area contributed by atoms with E-state index in [0.717, 1.165) is 37.8 Å². The Morgan fingerprint density at radius 1 is 1.18 bits per heavy atom. The second-order valence-corrected chi connectivity index (χ2v) is 10.1. The summed E-state index contributed by atoms with van der Waals surface area (Å²) in [5.41, 5.74) is 8.01. The van der Waals surface area contributed by atoms with E-state index in [1.165, 1.54) is 12.1 Å². The fourth-order valence-electron chi connectivity index (χ4n) is 4.69. The van der Waals surface area contributed by atoms with Crippen LogP contribution in [0.5, 0.6) is 0 Å². The number of nitrogens with zero attached hydrogens (tertiary/aromatic N) is 3. The van der Waals surface area contributed by atoms with E-state index in [1.54, 1.807) is 30.5 Å². The molecule has 3 aromatic heterocycles. The van der Waals surface area contributed by atoms with E-state index in [0.29, 0.717) is 34.3 Å². The van der Waals surface area contributed by atoms with Gasteiger partial charge < -0.3 is 25.8 Å². The molecule has 1 aromatic carbocycles. The number of aromatic amines is 1. The number of H-pyrrole nitrogens is 1. The summed E-state index contributed by atoms with van der Waals surface area (Å²) in [5, 5.41) is 13.3. The first-order valence-electron chi connectivity index (χ1n) is 13.9. The number of nitrogen functional groups attached to an aromatic ring is 1. The van der Waals surface area contributed by atoms with Crippen LogP contribution in [0.4, 0.5) is 24.8 Å². The van der Waals surface area contributed by atoms with E-state index in [-0.39, 0.29) is 48.8 Å². The van der Waals surface area contributed by atoms with Gasteiger partial charge in [0.25, 0.3) is 5.91 Å². The number of carbonyl (C=O) groups excluding carboxylic acids is 2. The minimum atomic E-state index is -4.55. The summed E-state index contributed by atoms with van der Waals surface area (Å²) < 4.78 is 49.9. The number of aromatic nitrogens is 4. The lowest BCUT2D eigenvalue weighted by molar-refractivity contribution is -0.137. The van der Waals surface area contributed by atoms with Crippen LogP contribution in [0, 0.1) is 0 Å². The summed E-state index contributed by atoms with van der Waals surface area (Å²) in [6.07, 6.45) is 3.72. The third kappa shape index (κ3) is 7.57. The monoisotopic (exact) mass is 609 g/mol. The van der Waals surface area contributed by atoms with Crippen molar-refractivity contribution in [2.75, 3.05) is 37.5 Å². The van der Waals surface area contributed by atoms with Crippen molar-refractivity contribution in [2.24, 2.45) is 0 Å². The number of fused-ring (bicyclic) bond motifs is 1. The van der Waals surface area contributed by atoms with Gasteiger partial charge in [-0.3, -0.25) is 14.7 Å². The van der Waals surface area contributed by atoms with E-state index in [4.69, 9.17) is 15.2 Å². The normalized spacial score (nSPS) is 15.5. The van der Waals surface area contributed by atoms with Crippen molar-refractivity contribution in [3.8, 4) is 11.3 Å². The molecule has 0 spiro atoms. The molecule has 0 aliphatic carbocycles. The van der Waals surface area contributed by atoms with Crippen molar-refractivity contribution in [2.45, 2.75) is 31.5 Å². The molecule has 1 aliphatic rings. The number of anilines is 2. The molecule has 11 nitrogen and oxygen atoms in total. The number of hydrogen-bond acceptors (Lipinski definition) is 8. The van der Waals surface area contributed by atoms with Gasteiger partial charge in [-0.05, 0) is 37.1 Å². The molecule has 230 valence electrons. The Kier molecular flexibility index (Phi) is 9.50. The number of halogens is 3. The molecule has 0 bridgehead atoms. The molecular weight excluding hydrogens is 579 g/mol. The Morgan fingerprint density at radius 3 is 2.75 bits per heavy atom. The maximum Gasteiger partial charge on any atom is 0.416 e. The lowest BCUT2D eigenvalue weighted by atomic mass is 10.0. The van der Waals surface area contributed by atoms with Gasteiger partial charge in [-0.25, -0.2) is 9.97 Å². The molecule has 0 radical (unpaired) electrons.